The molecule has 0 amide bonds. The first-order valence-corrected chi connectivity index (χ1v) is 7.06. The standard InChI is InChI=1S/C14H12FN3OS/c1-8(2)12(19)11-7-18(14-16-3-4-20-14)13-10(11)5-9(15)6-17-13/h3-8H,1-2H3. The SMILES string of the molecule is CC(C)C(=O)c1cn(-c2nccs2)c2ncc(F)cc12. The van der Waals surface area contributed by atoms with Crippen molar-refractivity contribution in [3.8, 4) is 5.13 Å². The summed E-state index contributed by atoms with van der Waals surface area (Å²) >= 11 is 1.44. The number of rotatable bonds is 3. The summed E-state index contributed by atoms with van der Waals surface area (Å²) in [7, 11) is 0. The maximum atomic E-state index is 13.4. The maximum Gasteiger partial charge on any atom is 0.195 e. The van der Waals surface area contributed by atoms with Gasteiger partial charge in [-0.15, -0.1) is 11.3 Å². The summed E-state index contributed by atoms with van der Waals surface area (Å²) < 4.78 is 15.2. The van der Waals surface area contributed by atoms with Crippen molar-refractivity contribution in [3.63, 3.8) is 0 Å². The lowest BCUT2D eigenvalue weighted by Gasteiger charge is -2.01. The quantitative estimate of drug-likeness (QED) is 0.694. The smallest absolute Gasteiger partial charge is 0.195 e. The van der Waals surface area contributed by atoms with Crippen LogP contribution >= 0.6 is 11.3 Å². The molecule has 0 aliphatic rings. The molecule has 0 aromatic carbocycles. The van der Waals surface area contributed by atoms with E-state index >= 15 is 0 Å². The van der Waals surface area contributed by atoms with Crippen LogP contribution in [0.4, 0.5) is 4.39 Å². The van der Waals surface area contributed by atoms with Gasteiger partial charge in [0.2, 0.25) is 0 Å². The van der Waals surface area contributed by atoms with E-state index in [0.717, 1.165) is 6.20 Å². The summed E-state index contributed by atoms with van der Waals surface area (Å²) in [5, 5.41) is 3.07. The van der Waals surface area contributed by atoms with Crippen LogP contribution in [0.25, 0.3) is 16.2 Å². The molecule has 0 fully saturated rings. The van der Waals surface area contributed by atoms with Crippen molar-refractivity contribution in [3.05, 3.63) is 41.4 Å². The van der Waals surface area contributed by atoms with Gasteiger partial charge >= 0.3 is 0 Å². The second kappa shape index (κ2) is 4.79. The molecule has 3 rings (SSSR count). The fourth-order valence-electron chi connectivity index (χ4n) is 2.07. The molecular weight excluding hydrogens is 277 g/mol. The molecular formula is C14H12FN3OS. The van der Waals surface area contributed by atoms with Gasteiger partial charge < -0.3 is 0 Å². The van der Waals surface area contributed by atoms with E-state index in [9.17, 15) is 9.18 Å². The average molecular weight is 289 g/mol. The van der Waals surface area contributed by atoms with Crippen molar-refractivity contribution < 1.29 is 9.18 Å². The van der Waals surface area contributed by atoms with Crippen LogP contribution in [-0.4, -0.2) is 20.3 Å². The Kier molecular flexibility index (Phi) is 3.10. The van der Waals surface area contributed by atoms with Crippen molar-refractivity contribution in [2.75, 3.05) is 0 Å². The van der Waals surface area contributed by atoms with E-state index in [-0.39, 0.29) is 11.7 Å². The Morgan fingerprint density at radius 2 is 2.20 bits per heavy atom. The molecule has 0 unspecified atom stereocenters. The Labute approximate surface area is 118 Å². The number of fused-ring (bicyclic) bond motifs is 1. The number of hydrogen-bond donors (Lipinski definition) is 0. The van der Waals surface area contributed by atoms with Gasteiger partial charge in [-0.1, -0.05) is 13.8 Å². The number of nitrogens with zero attached hydrogens (tertiary/aromatic N) is 3. The summed E-state index contributed by atoms with van der Waals surface area (Å²) in [4.78, 5) is 20.6. The van der Waals surface area contributed by atoms with Gasteiger partial charge in [0.1, 0.15) is 11.5 Å². The van der Waals surface area contributed by atoms with Crippen LogP contribution in [0.3, 0.4) is 0 Å². The molecule has 3 aromatic rings. The lowest BCUT2D eigenvalue weighted by atomic mass is 10.0. The van der Waals surface area contributed by atoms with E-state index in [1.807, 2.05) is 19.2 Å². The van der Waals surface area contributed by atoms with Crippen LogP contribution in [0.5, 0.6) is 0 Å². The summed E-state index contributed by atoms with van der Waals surface area (Å²) in [6.45, 7) is 3.64. The minimum atomic E-state index is -0.452. The Balaban J connectivity index is 2.30. The first-order chi connectivity index (χ1) is 9.58. The van der Waals surface area contributed by atoms with E-state index in [1.165, 1.54) is 17.4 Å². The third kappa shape index (κ3) is 2.02. The van der Waals surface area contributed by atoms with E-state index in [0.29, 0.717) is 21.7 Å². The number of pyridine rings is 1. The first-order valence-electron chi connectivity index (χ1n) is 6.18. The summed E-state index contributed by atoms with van der Waals surface area (Å²) in [6.07, 6.45) is 4.52. The van der Waals surface area contributed by atoms with Gasteiger partial charge in [-0.3, -0.25) is 9.36 Å². The average Bonchev–Trinajstić information content (AvgIpc) is 3.03. The number of aromatic nitrogens is 3. The molecule has 3 aromatic heterocycles. The van der Waals surface area contributed by atoms with E-state index < -0.39 is 5.82 Å². The number of Topliss-reactive ketones (excluding diaryl/α,β-unsaturated/α-hetero) is 1. The Bertz CT molecular complexity index is 777. The van der Waals surface area contributed by atoms with Gasteiger partial charge in [0.15, 0.2) is 10.9 Å². The zero-order valence-electron chi connectivity index (χ0n) is 11.0. The van der Waals surface area contributed by atoms with Crippen molar-refractivity contribution in [1.29, 1.82) is 0 Å². The Morgan fingerprint density at radius 1 is 1.40 bits per heavy atom. The predicted octanol–water partition coefficient (Wildman–Crippen LogP) is 3.46. The van der Waals surface area contributed by atoms with Crippen LogP contribution < -0.4 is 0 Å². The molecule has 0 radical (unpaired) electrons. The van der Waals surface area contributed by atoms with Gasteiger partial charge in [0.05, 0.1) is 6.20 Å². The number of carbonyl (C=O) groups excluding carboxylic acids is 1. The second-order valence-corrected chi connectivity index (χ2v) is 5.64. The number of halogens is 1. The number of hydrogen-bond acceptors (Lipinski definition) is 4. The first kappa shape index (κ1) is 12.9. The molecule has 20 heavy (non-hydrogen) atoms. The third-order valence-corrected chi connectivity index (χ3v) is 3.80. The zero-order valence-corrected chi connectivity index (χ0v) is 11.8. The molecule has 0 atom stereocenters. The van der Waals surface area contributed by atoms with Crippen LogP contribution in [0.1, 0.15) is 24.2 Å². The second-order valence-electron chi connectivity index (χ2n) is 4.77. The van der Waals surface area contributed by atoms with Crippen LogP contribution in [0, 0.1) is 11.7 Å². The van der Waals surface area contributed by atoms with Crippen LogP contribution in [-0.2, 0) is 0 Å². The highest BCUT2D eigenvalue weighted by Gasteiger charge is 2.20. The van der Waals surface area contributed by atoms with Crippen LogP contribution in [0.2, 0.25) is 0 Å². The van der Waals surface area contributed by atoms with Gasteiger partial charge in [-0.25, -0.2) is 14.4 Å². The number of thiazole rings is 1. The van der Waals surface area contributed by atoms with E-state index in [2.05, 4.69) is 9.97 Å². The predicted molar refractivity (Wildman–Crippen MR) is 75.9 cm³/mol. The topological polar surface area (TPSA) is 47.8 Å². The van der Waals surface area contributed by atoms with Gasteiger partial charge in [-0.05, 0) is 6.07 Å². The summed E-state index contributed by atoms with van der Waals surface area (Å²) in [5.41, 5.74) is 1.03. The highest BCUT2D eigenvalue weighted by atomic mass is 32.1. The lowest BCUT2D eigenvalue weighted by molar-refractivity contribution is 0.0941. The monoisotopic (exact) mass is 289 g/mol. The fourth-order valence-corrected chi connectivity index (χ4v) is 2.69. The molecule has 0 N–H and O–H groups in total. The normalized spacial score (nSPS) is 11.4. The molecule has 0 aliphatic carbocycles. The molecule has 102 valence electrons. The molecule has 0 spiro atoms. The van der Waals surface area contributed by atoms with Crippen LogP contribution in [0.15, 0.2) is 30.0 Å². The van der Waals surface area contributed by atoms with Crippen molar-refractivity contribution in [2.24, 2.45) is 5.92 Å². The highest BCUT2D eigenvalue weighted by molar-refractivity contribution is 7.12. The minimum absolute atomic E-state index is 0.0299. The molecule has 0 aliphatic heterocycles. The van der Waals surface area contributed by atoms with Gasteiger partial charge in [0.25, 0.3) is 0 Å². The number of ketones is 1. The van der Waals surface area contributed by atoms with Crippen molar-refractivity contribution in [1.82, 2.24) is 14.5 Å². The molecule has 0 saturated carbocycles. The lowest BCUT2D eigenvalue weighted by Crippen LogP contribution is -2.06. The molecule has 0 saturated heterocycles. The molecule has 3 heterocycles. The van der Waals surface area contributed by atoms with Gasteiger partial charge in [-0.2, -0.15) is 0 Å². The highest BCUT2D eigenvalue weighted by Crippen LogP contribution is 2.26. The van der Waals surface area contributed by atoms with Gasteiger partial charge in [0, 0.05) is 34.6 Å². The summed E-state index contributed by atoms with van der Waals surface area (Å²) in [6, 6.07) is 1.35. The Hall–Kier alpha value is -2.08. The maximum absolute atomic E-state index is 13.4. The molecule has 6 heteroatoms. The third-order valence-electron chi connectivity index (χ3n) is 3.03. The summed E-state index contributed by atoms with van der Waals surface area (Å²) in [5.74, 6) is -0.640. The molecule has 4 nitrogen and oxygen atoms in total. The Morgan fingerprint density at radius 3 is 2.85 bits per heavy atom. The minimum Gasteiger partial charge on any atom is -0.294 e. The van der Waals surface area contributed by atoms with Crippen molar-refractivity contribution in [2.45, 2.75) is 13.8 Å². The number of carbonyl (C=O) groups is 1. The van der Waals surface area contributed by atoms with E-state index in [1.54, 1.807) is 17.0 Å². The van der Waals surface area contributed by atoms with E-state index in [4.69, 9.17) is 0 Å². The van der Waals surface area contributed by atoms with Crippen molar-refractivity contribution >= 4 is 28.2 Å². The molecule has 0 bridgehead atoms. The largest absolute Gasteiger partial charge is 0.294 e. The zero-order chi connectivity index (χ0) is 14.3. The fraction of sp³-hybridized carbons (Fsp3) is 0.214.